The minimum atomic E-state index is -0.200. The predicted octanol–water partition coefficient (Wildman–Crippen LogP) is 2.64. The monoisotopic (exact) mass is 421 g/mol. The topological polar surface area (TPSA) is 105 Å². The van der Waals surface area contributed by atoms with Crippen molar-refractivity contribution in [3.05, 3.63) is 48.4 Å². The maximum atomic E-state index is 11.5. The van der Waals surface area contributed by atoms with Crippen LogP contribution in [0, 0.1) is 0 Å². The molecule has 4 rings (SSSR count). The van der Waals surface area contributed by atoms with Gasteiger partial charge in [-0.1, -0.05) is 30.3 Å². The van der Waals surface area contributed by atoms with Crippen molar-refractivity contribution in [2.45, 2.75) is 31.8 Å². The average molecular weight is 422 g/mol. The Labute approximate surface area is 181 Å². The lowest BCUT2D eigenvalue weighted by molar-refractivity contribution is -0.142. The molecule has 9 heteroatoms. The highest BCUT2D eigenvalue weighted by atomic mass is 16.5. The SMILES string of the molecule is COC(=O)CN1CCC(Nc2ncc3ncnc(N[C@H](C)c4ccccc4)c3n2)CC1. The van der Waals surface area contributed by atoms with Crippen LogP contribution in [0.5, 0.6) is 0 Å². The highest BCUT2D eigenvalue weighted by molar-refractivity contribution is 5.85. The van der Waals surface area contributed by atoms with Gasteiger partial charge in [-0.15, -0.1) is 0 Å². The van der Waals surface area contributed by atoms with Crippen LogP contribution >= 0.6 is 0 Å². The molecule has 2 N–H and O–H groups in total. The maximum absolute atomic E-state index is 11.5. The molecule has 1 aliphatic rings. The van der Waals surface area contributed by atoms with Gasteiger partial charge in [0, 0.05) is 19.1 Å². The second-order valence-corrected chi connectivity index (χ2v) is 7.70. The summed E-state index contributed by atoms with van der Waals surface area (Å²) in [4.78, 5) is 31.4. The van der Waals surface area contributed by atoms with Crippen LogP contribution in [0.15, 0.2) is 42.9 Å². The van der Waals surface area contributed by atoms with Crippen LogP contribution < -0.4 is 10.6 Å². The van der Waals surface area contributed by atoms with Gasteiger partial charge in [-0.2, -0.15) is 0 Å². The molecule has 0 unspecified atom stereocenters. The summed E-state index contributed by atoms with van der Waals surface area (Å²) in [6, 6.07) is 10.5. The van der Waals surface area contributed by atoms with E-state index in [-0.39, 0.29) is 18.1 Å². The number of carbonyl (C=O) groups excluding carboxylic acids is 1. The van der Waals surface area contributed by atoms with Crippen molar-refractivity contribution in [3.8, 4) is 0 Å². The summed E-state index contributed by atoms with van der Waals surface area (Å²) in [5.41, 5.74) is 2.54. The molecule has 2 aromatic heterocycles. The van der Waals surface area contributed by atoms with Crippen LogP contribution in [-0.4, -0.2) is 63.6 Å². The van der Waals surface area contributed by atoms with E-state index in [0.717, 1.165) is 25.9 Å². The van der Waals surface area contributed by atoms with Crippen molar-refractivity contribution < 1.29 is 9.53 Å². The molecular weight excluding hydrogens is 394 g/mol. The minimum absolute atomic E-state index is 0.0739. The maximum Gasteiger partial charge on any atom is 0.319 e. The van der Waals surface area contributed by atoms with E-state index in [1.807, 2.05) is 18.2 Å². The van der Waals surface area contributed by atoms with Gasteiger partial charge in [0.15, 0.2) is 5.82 Å². The lowest BCUT2D eigenvalue weighted by Gasteiger charge is -2.31. The van der Waals surface area contributed by atoms with Gasteiger partial charge in [-0.05, 0) is 25.3 Å². The van der Waals surface area contributed by atoms with Gasteiger partial charge in [0.25, 0.3) is 0 Å². The largest absolute Gasteiger partial charge is 0.468 e. The Morgan fingerprint density at radius 3 is 2.71 bits per heavy atom. The van der Waals surface area contributed by atoms with Crippen molar-refractivity contribution in [2.24, 2.45) is 0 Å². The number of methoxy groups -OCH3 is 1. The summed E-state index contributed by atoms with van der Waals surface area (Å²) in [6.07, 6.45) is 5.05. The fourth-order valence-corrected chi connectivity index (χ4v) is 3.72. The number of likely N-dealkylation sites (tertiary alicyclic amines) is 1. The zero-order valence-corrected chi connectivity index (χ0v) is 17.8. The van der Waals surface area contributed by atoms with Crippen LogP contribution in [0.3, 0.4) is 0 Å². The van der Waals surface area contributed by atoms with Crippen LogP contribution in [0.2, 0.25) is 0 Å². The fraction of sp³-hybridized carbons (Fsp3) is 0.409. The third-order valence-corrected chi connectivity index (χ3v) is 5.53. The van der Waals surface area contributed by atoms with E-state index in [1.54, 1.807) is 6.20 Å². The van der Waals surface area contributed by atoms with Gasteiger partial charge in [0.05, 0.1) is 25.9 Å². The van der Waals surface area contributed by atoms with Crippen molar-refractivity contribution in [3.63, 3.8) is 0 Å². The summed E-state index contributed by atoms with van der Waals surface area (Å²) in [5, 5.41) is 6.87. The number of aromatic nitrogens is 4. The molecule has 162 valence electrons. The normalized spacial score (nSPS) is 16.1. The summed E-state index contributed by atoms with van der Waals surface area (Å²) < 4.78 is 4.75. The highest BCUT2D eigenvalue weighted by Crippen LogP contribution is 2.23. The number of piperidine rings is 1. The van der Waals surface area contributed by atoms with Gasteiger partial charge in [0.1, 0.15) is 17.4 Å². The van der Waals surface area contributed by atoms with E-state index >= 15 is 0 Å². The summed E-state index contributed by atoms with van der Waals surface area (Å²) in [7, 11) is 1.42. The number of nitrogens with zero attached hydrogens (tertiary/aromatic N) is 5. The number of rotatable bonds is 7. The third kappa shape index (κ3) is 5.24. The molecule has 1 saturated heterocycles. The van der Waals surface area contributed by atoms with Crippen molar-refractivity contribution >= 4 is 28.8 Å². The molecule has 1 aliphatic heterocycles. The van der Waals surface area contributed by atoms with Gasteiger partial charge >= 0.3 is 5.97 Å². The molecular formula is C22H27N7O2. The molecule has 31 heavy (non-hydrogen) atoms. The Hall–Kier alpha value is -3.33. The van der Waals surface area contributed by atoms with Crippen molar-refractivity contribution in [1.29, 1.82) is 0 Å². The number of esters is 1. The number of nitrogens with one attached hydrogen (secondary N) is 2. The van der Waals surface area contributed by atoms with Crippen molar-refractivity contribution in [1.82, 2.24) is 24.8 Å². The molecule has 1 fully saturated rings. The first-order chi connectivity index (χ1) is 15.1. The number of hydrogen-bond donors (Lipinski definition) is 2. The van der Waals surface area contributed by atoms with Crippen molar-refractivity contribution in [2.75, 3.05) is 37.4 Å². The lowest BCUT2D eigenvalue weighted by Crippen LogP contribution is -2.41. The fourth-order valence-electron chi connectivity index (χ4n) is 3.72. The lowest BCUT2D eigenvalue weighted by atomic mass is 10.1. The minimum Gasteiger partial charge on any atom is -0.468 e. The van der Waals surface area contributed by atoms with Crippen LogP contribution in [0.1, 0.15) is 31.4 Å². The van der Waals surface area contributed by atoms with Gasteiger partial charge in [-0.25, -0.2) is 19.9 Å². The number of fused-ring (bicyclic) bond motifs is 1. The third-order valence-electron chi connectivity index (χ3n) is 5.53. The van der Waals surface area contributed by atoms with Gasteiger partial charge < -0.3 is 15.4 Å². The van der Waals surface area contributed by atoms with Gasteiger partial charge in [-0.3, -0.25) is 9.69 Å². The number of carbonyl (C=O) groups is 1. The average Bonchev–Trinajstić information content (AvgIpc) is 2.81. The molecule has 0 radical (unpaired) electrons. The molecule has 0 spiro atoms. The molecule has 3 aromatic rings. The molecule has 1 atom stereocenters. The Morgan fingerprint density at radius 1 is 1.19 bits per heavy atom. The second-order valence-electron chi connectivity index (χ2n) is 7.70. The molecule has 0 aliphatic carbocycles. The predicted molar refractivity (Wildman–Crippen MR) is 119 cm³/mol. The first kappa shape index (κ1) is 20.9. The van der Waals surface area contributed by atoms with Crippen LogP contribution in [0.4, 0.5) is 11.8 Å². The van der Waals surface area contributed by atoms with E-state index in [1.165, 1.54) is 19.0 Å². The van der Waals surface area contributed by atoms with E-state index in [9.17, 15) is 4.79 Å². The summed E-state index contributed by atoms with van der Waals surface area (Å²) >= 11 is 0. The molecule has 3 heterocycles. The molecule has 9 nitrogen and oxygen atoms in total. The Bertz CT molecular complexity index is 1020. The number of anilines is 2. The van der Waals surface area contributed by atoms with Gasteiger partial charge in [0.2, 0.25) is 5.95 Å². The number of hydrogen-bond acceptors (Lipinski definition) is 9. The molecule has 1 aromatic carbocycles. The smallest absolute Gasteiger partial charge is 0.319 e. The zero-order valence-electron chi connectivity index (χ0n) is 17.8. The Balaban J connectivity index is 1.44. The standard InChI is InChI=1S/C22H27N7O2/c1-15(16-6-4-3-5-7-16)26-21-20-18(24-14-25-21)12-23-22(28-20)27-17-8-10-29(11-9-17)13-19(30)31-2/h3-7,12,14-15,17H,8-11,13H2,1-2H3,(H,23,27,28)(H,24,25,26)/t15-/m1/s1. The second kappa shape index (κ2) is 9.65. The number of benzene rings is 1. The quantitative estimate of drug-likeness (QED) is 0.557. The molecule has 0 saturated carbocycles. The van der Waals surface area contributed by atoms with E-state index < -0.39 is 0 Å². The Kier molecular flexibility index (Phi) is 6.51. The van der Waals surface area contributed by atoms with Crippen LogP contribution in [0.25, 0.3) is 11.0 Å². The first-order valence-electron chi connectivity index (χ1n) is 10.5. The van der Waals surface area contributed by atoms with E-state index in [4.69, 9.17) is 9.72 Å². The molecule has 0 amide bonds. The summed E-state index contributed by atoms with van der Waals surface area (Å²) in [5.74, 6) is 1.04. The first-order valence-corrected chi connectivity index (χ1v) is 10.5. The summed E-state index contributed by atoms with van der Waals surface area (Å²) in [6.45, 7) is 4.07. The van der Waals surface area contributed by atoms with Crippen LogP contribution in [-0.2, 0) is 9.53 Å². The Morgan fingerprint density at radius 2 is 1.97 bits per heavy atom. The highest BCUT2D eigenvalue weighted by Gasteiger charge is 2.22. The van der Waals surface area contributed by atoms with E-state index in [0.29, 0.717) is 29.3 Å². The molecule has 0 bridgehead atoms. The van der Waals surface area contributed by atoms with E-state index in [2.05, 4.69) is 49.5 Å². The zero-order chi connectivity index (χ0) is 21.6. The number of ether oxygens (including phenoxy) is 1.